The van der Waals surface area contributed by atoms with E-state index in [1.807, 2.05) is 78.9 Å². The molecule has 6 nitrogen and oxygen atoms in total. The van der Waals surface area contributed by atoms with Crippen LogP contribution in [-0.4, -0.2) is 53.1 Å². The highest BCUT2D eigenvalue weighted by Crippen LogP contribution is 2.53. The average Bonchev–Trinajstić information content (AvgIpc) is 3.32. The summed E-state index contributed by atoms with van der Waals surface area (Å²) in [4.78, 5) is 28.1. The molecule has 3 aromatic rings. The first-order valence-corrected chi connectivity index (χ1v) is 16.7. The number of amides is 2. The van der Waals surface area contributed by atoms with Crippen LogP contribution in [-0.2, 0) is 21.7 Å². The lowest BCUT2D eigenvalue weighted by Gasteiger charge is -2.43. The number of hydrogen-bond donors (Lipinski definition) is 0. The molecule has 0 saturated carbocycles. The summed E-state index contributed by atoms with van der Waals surface area (Å²) in [6.07, 6.45) is 4.22. The predicted molar refractivity (Wildman–Crippen MR) is 165 cm³/mol. The van der Waals surface area contributed by atoms with Crippen LogP contribution >= 0.6 is 22.1 Å². The Hall–Kier alpha value is -3.10. The number of ether oxygens (including phenoxy) is 2. The molecule has 0 aliphatic carbocycles. The lowest BCUT2D eigenvalue weighted by atomic mass is 10.1. The number of carbonyl (C=O) groups is 2. The van der Waals surface area contributed by atoms with Crippen LogP contribution in [0.4, 0.5) is 4.79 Å². The zero-order valence-electron chi connectivity index (χ0n) is 24.1. The molecule has 0 radical (unpaired) electrons. The summed E-state index contributed by atoms with van der Waals surface area (Å²) in [5, 5.41) is -0.484. The van der Waals surface area contributed by atoms with E-state index in [1.165, 1.54) is 16.7 Å². The van der Waals surface area contributed by atoms with E-state index in [9.17, 15) is 9.59 Å². The van der Waals surface area contributed by atoms with Gasteiger partial charge in [-0.25, -0.2) is 9.69 Å². The number of cyclic esters (lactones) is 1. The maximum Gasteiger partial charge on any atom is 0.417 e. The Bertz CT molecular complexity index is 1290. The molecule has 0 aromatic heterocycles. The summed E-state index contributed by atoms with van der Waals surface area (Å²) in [6.45, 7) is 6.74. The summed E-state index contributed by atoms with van der Waals surface area (Å²) in [5.41, 5.74) is 2.95. The summed E-state index contributed by atoms with van der Waals surface area (Å²) in [5.74, 6) is 1.97. The van der Waals surface area contributed by atoms with Gasteiger partial charge in [0.05, 0.1) is 12.4 Å². The van der Waals surface area contributed by atoms with Gasteiger partial charge in [-0.3, -0.25) is 4.79 Å². The van der Waals surface area contributed by atoms with Gasteiger partial charge in [0.1, 0.15) is 24.1 Å². The maximum atomic E-state index is 14.0. The van der Waals surface area contributed by atoms with Gasteiger partial charge >= 0.3 is 6.09 Å². The Kier molecular flexibility index (Phi) is 9.41. The van der Waals surface area contributed by atoms with Crippen molar-refractivity contribution >= 4 is 34.1 Å². The van der Waals surface area contributed by atoms with Gasteiger partial charge in [0.2, 0.25) is 5.91 Å². The van der Waals surface area contributed by atoms with Gasteiger partial charge in [-0.1, -0.05) is 64.9 Å². The largest absolute Gasteiger partial charge is 0.497 e. The van der Waals surface area contributed by atoms with Crippen molar-refractivity contribution < 1.29 is 23.2 Å². The molecule has 2 atom stereocenters. The Balaban J connectivity index is 1.55. The highest BCUT2D eigenvalue weighted by atomic mass is 32.3. The molecule has 2 amide bonds. The second kappa shape index (κ2) is 12.6. The fourth-order valence-corrected chi connectivity index (χ4v) is 6.13. The number of benzene rings is 3. The first-order chi connectivity index (χ1) is 19.0. The molecule has 3 aromatic carbocycles. The van der Waals surface area contributed by atoms with Crippen LogP contribution in [0, 0.1) is 0 Å². The Morgan fingerprint density at radius 3 is 2.17 bits per heavy atom. The number of hydrogen-bond acceptors (Lipinski definition) is 6. The number of imide groups is 1. The number of thioether (sulfide) groups is 1. The van der Waals surface area contributed by atoms with Crippen molar-refractivity contribution in [2.24, 2.45) is 0 Å². The lowest BCUT2D eigenvalue weighted by Crippen LogP contribution is -2.41. The average molecular weight is 582 g/mol. The smallest absolute Gasteiger partial charge is 0.417 e. The molecular formula is C32H39NO5S2. The van der Waals surface area contributed by atoms with E-state index < -0.39 is 27.7 Å². The van der Waals surface area contributed by atoms with Crippen molar-refractivity contribution in [1.82, 2.24) is 4.90 Å². The van der Waals surface area contributed by atoms with Gasteiger partial charge < -0.3 is 13.7 Å². The van der Waals surface area contributed by atoms with Crippen LogP contribution in [0.1, 0.15) is 43.5 Å². The van der Waals surface area contributed by atoms with E-state index in [1.54, 1.807) is 7.11 Å². The topological polar surface area (TPSA) is 65.1 Å². The highest BCUT2D eigenvalue weighted by molar-refractivity contribution is 8.30. The van der Waals surface area contributed by atoms with Crippen LogP contribution in [0.15, 0.2) is 78.9 Å². The molecular weight excluding hydrogens is 542 g/mol. The van der Waals surface area contributed by atoms with Crippen LogP contribution in [0.5, 0.6) is 11.5 Å². The highest BCUT2D eigenvalue weighted by Gasteiger charge is 2.41. The molecule has 1 heterocycles. The first-order valence-electron chi connectivity index (χ1n) is 13.3. The fourth-order valence-electron chi connectivity index (χ4n) is 4.14. The predicted octanol–water partition coefficient (Wildman–Crippen LogP) is 7.42. The number of nitrogens with zero attached hydrogens (tertiary/aromatic N) is 1. The van der Waals surface area contributed by atoms with E-state index in [0.29, 0.717) is 12.2 Å². The zero-order chi connectivity index (χ0) is 28.9. The number of rotatable bonds is 10. The molecule has 1 saturated heterocycles. The van der Waals surface area contributed by atoms with E-state index in [0.717, 1.165) is 28.2 Å². The standard InChI is InChI=1S/C32H39NO5S2/c1-32(2,3)40(5,6)38-27-18-12-23(13-19-27)20-29(39-22-24-14-16-26(36-4)17-15-24)30(34)33-28(21-37-31(33)35)25-10-8-7-9-11-25/h7-19,28-29H,20-22H2,1-6H3. The van der Waals surface area contributed by atoms with Gasteiger partial charge in [0, 0.05) is 10.5 Å². The third-order valence-electron chi connectivity index (χ3n) is 7.30. The third-order valence-corrected chi connectivity index (χ3v) is 12.1. The molecule has 40 heavy (non-hydrogen) atoms. The van der Waals surface area contributed by atoms with Crippen molar-refractivity contribution in [3.8, 4) is 11.5 Å². The molecule has 8 heteroatoms. The molecule has 1 aliphatic rings. The maximum absolute atomic E-state index is 14.0. The number of carbonyl (C=O) groups excluding carboxylic acids is 2. The quantitative estimate of drug-likeness (QED) is 0.248. The molecule has 0 bridgehead atoms. The van der Waals surface area contributed by atoms with Crippen molar-refractivity contribution in [3.05, 3.63) is 95.6 Å². The van der Waals surface area contributed by atoms with E-state index in [4.69, 9.17) is 13.7 Å². The van der Waals surface area contributed by atoms with Crippen molar-refractivity contribution in [3.63, 3.8) is 0 Å². The second-order valence-corrected chi connectivity index (χ2v) is 16.2. The lowest BCUT2D eigenvalue weighted by molar-refractivity contribution is -0.128. The molecule has 2 unspecified atom stereocenters. The summed E-state index contributed by atoms with van der Waals surface area (Å²) in [6, 6.07) is 24.9. The van der Waals surface area contributed by atoms with Crippen molar-refractivity contribution in [2.75, 3.05) is 26.2 Å². The summed E-state index contributed by atoms with van der Waals surface area (Å²) in [7, 11) is 0.318. The van der Waals surface area contributed by atoms with Gasteiger partial charge in [-0.2, -0.15) is 0 Å². The molecule has 0 N–H and O–H groups in total. The molecule has 4 rings (SSSR count). The monoisotopic (exact) mass is 581 g/mol. The van der Waals surface area contributed by atoms with Crippen LogP contribution < -0.4 is 8.92 Å². The molecule has 214 valence electrons. The molecule has 1 fully saturated rings. The summed E-state index contributed by atoms with van der Waals surface area (Å²) < 4.78 is 17.1. The zero-order valence-corrected chi connectivity index (χ0v) is 25.7. The normalized spacial score (nSPS) is 16.8. The summed E-state index contributed by atoms with van der Waals surface area (Å²) >= 11 is 1.53. The van der Waals surface area contributed by atoms with Crippen LogP contribution in [0.3, 0.4) is 0 Å². The van der Waals surface area contributed by atoms with Crippen molar-refractivity contribution in [1.29, 1.82) is 0 Å². The van der Waals surface area contributed by atoms with Gasteiger partial charge in [0.25, 0.3) is 0 Å². The fraction of sp³-hybridized carbons (Fsp3) is 0.375. The van der Waals surface area contributed by atoms with E-state index in [-0.39, 0.29) is 17.3 Å². The van der Waals surface area contributed by atoms with E-state index in [2.05, 4.69) is 33.3 Å². The second-order valence-electron chi connectivity index (χ2n) is 11.1. The van der Waals surface area contributed by atoms with Crippen LogP contribution in [0.2, 0.25) is 0 Å². The first kappa shape index (κ1) is 29.9. The minimum atomic E-state index is -1.32. The Morgan fingerprint density at radius 2 is 1.57 bits per heavy atom. The van der Waals surface area contributed by atoms with Gasteiger partial charge in [0.15, 0.2) is 0 Å². The molecule has 0 spiro atoms. The minimum Gasteiger partial charge on any atom is -0.497 e. The van der Waals surface area contributed by atoms with E-state index >= 15 is 0 Å². The Labute approximate surface area is 243 Å². The van der Waals surface area contributed by atoms with Gasteiger partial charge in [-0.05, 0) is 80.7 Å². The SMILES string of the molecule is COc1ccc(CSC(Cc2ccc(OS(C)(C)C(C)(C)C)cc2)C(=O)N2C(=O)OCC2c2ccccc2)cc1. The minimum absolute atomic E-state index is 0.0426. The molecule has 1 aliphatic heterocycles. The van der Waals surface area contributed by atoms with Crippen molar-refractivity contribution in [2.45, 2.75) is 49.0 Å². The van der Waals surface area contributed by atoms with Gasteiger partial charge in [-0.15, -0.1) is 11.8 Å². The Morgan fingerprint density at radius 1 is 0.975 bits per heavy atom. The van der Waals surface area contributed by atoms with Crippen LogP contribution in [0.25, 0.3) is 0 Å². The number of methoxy groups -OCH3 is 1. The third kappa shape index (κ3) is 7.15.